The molecule has 2 aromatic carbocycles. The van der Waals surface area contributed by atoms with Gasteiger partial charge in [0.05, 0.1) is 7.11 Å². The van der Waals surface area contributed by atoms with E-state index in [1.807, 2.05) is 0 Å². The molecule has 0 amide bonds. The first kappa shape index (κ1) is 15.0. The van der Waals surface area contributed by atoms with E-state index >= 15 is 0 Å². The minimum atomic E-state index is 0.0461. The van der Waals surface area contributed by atoms with E-state index in [0.29, 0.717) is 5.92 Å². The van der Waals surface area contributed by atoms with Gasteiger partial charge in [-0.05, 0) is 82.8 Å². The Kier molecular flexibility index (Phi) is 3.24. The van der Waals surface area contributed by atoms with E-state index in [0.717, 1.165) is 17.0 Å². The molecule has 2 heteroatoms. The number of aryl methyl sites for hydroxylation is 2. The fourth-order valence-corrected chi connectivity index (χ4v) is 3.62. The van der Waals surface area contributed by atoms with Crippen molar-refractivity contribution in [2.45, 2.75) is 46.0 Å². The van der Waals surface area contributed by atoms with Crippen molar-refractivity contribution in [1.82, 2.24) is 0 Å². The summed E-state index contributed by atoms with van der Waals surface area (Å²) in [5.41, 5.74) is 14.8. The third-order valence-electron chi connectivity index (χ3n) is 5.51. The summed E-state index contributed by atoms with van der Waals surface area (Å²) in [4.78, 5) is 0. The highest BCUT2D eigenvalue weighted by molar-refractivity contribution is 5.80. The molecule has 0 saturated heterocycles. The van der Waals surface area contributed by atoms with Crippen LogP contribution < -0.4 is 10.5 Å². The van der Waals surface area contributed by atoms with Crippen LogP contribution in [0.1, 0.15) is 48.9 Å². The number of hydrogen-bond donors (Lipinski definition) is 1. The van der Waals surface area contributed by atoms with Crippen LogP contribution in [0.4, 0.5) is 5.69 Å². The van der Waals surface area contributed by atoms with Gasteiger partial charge in [0, 0.05) is 5.69 Å². The lowest BCUT2D eigenvalue weighted by Gasteiger charge is -2.41. The van der Waals surface area contributed by atoms with Gasteiger partial charge in [-0.3, -0.25) is 0 Å². The first-order chi connectivity index (χ1) is 10.3. The number of benzene rings is 2. The molecule has 2 N–H and O–H groups in total. The Labute approximate surface area is 133 Å². The summed E-state index contributed by atoms with van der Waals surface area (Å²) in [6.45, 7) is 11.1. The van der Waals surface area contributed by atoms with Crippen LogP contribution in [0.5, 0.6) is 5.75 Å². The zero-order valence-corrected chi connectivity index (χ0v) is 14.4. The third kappa shape index (κ3) is 1.93. The second kappa shape index (κ2) is 4.77. The lowest BCUT2D eigenvalue weighted by molar-refractivity contribution is 0.404. The quantitative estimate of drug-likeness (QED) is 0.755. The predicted molar refractivity (Wildman–Crippen MR) is 93.8 cm³/mol. The van der Waals surface area contributed by atoms with Gasteiger partial charge >= 0.3 is 0 Å². The standard InChI is InChI=1S/C20H25NO/c1-11-7-16-15-8-12(2)19(22-6)9-14(15)13(3)20(4,5)17(16)10-18(11)21/h7-10,13H,21H2,1-6H3. The van der Waals surface area contributed by atoms with Gasteiger partial charge < -0.3 is 10.5 Å². The molecule has 1 aliphatic carbocycles. The molecule has 0 radical (unpaired) electrons. The SMILES string of the molecule is COc1cc2c(cc1C)-c1cc(C)c(N)cc1C(C)(C)C2C. The van der Waals surface area contributed by atoms with E-state index in [-0.39, 0.29) is 5.41 Å². The molecule has 0 aromatic heterocycles. The monoisotopic (exact) mass is 295 g/mol. The number of anilines is 1. The number of methoxy groups -OCH3 is 1. The molecule has 2 nitrogen and oxygen atoms in total. The van der Waals surface area contributed by atoms with Gasteiger partial charge in [0.1, 0.15) is 5.75 Å². The van der Waals surface area contributed by atoms with Crippen LogP contribution in [-0.2, 0) is 5.41 Å². The number of nitrogen functional groups attached to an aromatic ring is 1. The van der Waals surface area contributed by atoms with Crippen molar-refractivity contribution >= 4 is 5.69 Å². The predicted octanol–water partition coefficient (Wildman–Crippen LogP) is 4.96. The largest absolute Gasteiger partial charge is 0.496 e. The molecule has 3 rings (SSSR count). The Morgan fingerprint density at radius 3 is 2.27 bits per heavy atom. The van der Waals surface area contributed by atoms with E-state index in [2.05, 4.69) is 58.9 Å². The van der Waals surface area contributed by atoms with E-state index in [4.69, 9.17) is 10.5 Å². The molecular weight excluding hydrogens is 270 g/mol. The Bertz CT molecular complexity index is 759. The van der Waals surface area contributed by atoms with Crippen molar-refractivity contribution in [3.05, 3.63) is 46.5 Å². The van der Waals surface area contributed by atoms with Crippen molar-refractivity contribution in [2.24, 2.45) is 0 Å². The number of ether oxygens (including phenoxy) is 1. The summed E-state index contributed by atoms with van der Waals surface area (Å²) >= 11 is 0. The molecule has 0 bridgehead atoms. The number of hydrogen-bond acceptors (Lipinski definition) is 2. The lowest BCUT2D eigenvalue weighted by atomic mass is 9.63. The van der Waals surface area contributed by atoms with E-state index in [1.165, 1.54) is 27.8 Å². The first-order valence-electron chi connectivity index (χ1n) is 7.87. The summed E-state index contributed by atoms with van der Waals surface area (Å²) in [7, 11) is 1.74. The van der Waals surface area contributed by atoms with Crippen LogP contribution >= 0.6 is 0 Å². The number of fused-ring (bicyclic) bond motifs is 3. The molecule has 0 fully saturated rings. The number of nitrogens with two attached hydrogens (primary N) is 1. The molecule has 22 heavy (non-hydrogen) atoms. The summed E-state index contributed by atoms with van der Waals surface area (Å²) in [6.07, 6.45) is 0. The molecule has 0 aliphatic heterocycles. The van der Waals surface area contributed by atoms with Gasteiger partial charge in [-0.2, -0.15) is 0 Å². The average molecular weight is 295 g/mol. The smallest absolute Gasteiger partial charge is 0.122 e. The normalized spacial score (nSPS) is 18.5. The van der Waals surface area contributed by atoms with Gasteiger partial charge in [-0.25, -0.2) is 0 Å². The second-order valence-corrected chi connectivity index (χ2v) is 7.11. The molecule has 1 aliphatic rings. The van der Waals surface area contributed by atoms with E-state index in [1.54, 1.807) is 7.11 Å². The molecule has 0 saturated carbocycles. The fourth-order valence-electron chi connectivity index (χ4n) is 3.62. The fraction of sp³-hybridized carbons (Fsp3) is 0.400. The van der Waals surface area contributed by atoms with Crippen LogP contribution in [0, 0.1) is 13.8 Å². The van der Waals surface area contributed by atoms with Crippen molar-refractivity contribution in [2.75, 3.05) is 12.8 Å². The van der Waals surface area contributed by atoms with E-state index < -0.39 is 0 Å². The highest BCUT2D eigenvalue weighted by Crippen LogP contribution is 2.52. The lowest BCUT2D eigenvalue weighted by Crippen LogP contribution is -2.30. The van der Waals surface area contributed by atoms with Crippen LogP contribution in [0.3, 0.4) is 0 Å². The third-order valence-corrected chi connectivity index (χ3v) is 5.51. The van der Waals surface area contributed by atoms with Crippen LogP contribution in [0.2, 0.25) is 0 Å². The molecule has 116 valence electrons. The maximum atomic E-state index is 6.19. The Morgan fingerprint density at radius 1 is 1.00 bits per heavy atom. The summed E-state index contributed by atoms with van der Waals surface area (Å²) in [6, 6.07) is 8.88. The maximum Gasteiger partial charge on any atom is 0.122 e. The topological polar surface area (TPSA) is 35.2 Å². The van der Waals surface area contributed by atoms with Gasteiger partial charge in [0.2, 0.25) is 0 Å². The highest BCUT2D eigenvalue weighted by atomic mass is 16.5. The molecular formula is C20H25NO. The Balaban J connectivity index is 2.38. The Morgan fingerprint density at radius 2 is 1.64 bits per heavy atom. The average Bonchev–Trinajstić information content (AvgIpc) is 2.47. The molecule has 1 unspecified atom stereocenters. The van der Waals surface area contributed by atoms with Crippen LogP contribution in [0.25, 0.3) is 11.1 Å². The van der Waals surface area contributed by atoms with Crippen molar-refractivity contribution in [3.8, 4) is 16.9 Å². The van der Waals surface area contributed by atoms with Crippen LogP contribution in [0.15, 0.2) is 24.3 Å². The zero-order chi connectivity index (χ0) is 16.2. The highest BCUT2D eigenvalue weighted by Gasteiger charge is 2.38. The maximum absolute atomic E-state index is 6.19. The zero-order valence-electron chi connectivity index (χ0n) is 14.4. The molecule has 0 heterocycles. The van der Waals surface area contributed by atoms with Crippen LogP contribution in [-0.4, -0.2) is 7.11 Å². The minimum Gasteiger partial charge on any atom is -0.496 e. The van der Waals surface area contributed by atoms with Gasteiger partial charge in [0.25, 0.3) is 0 Å². The summed E-state index contributed by atoms with van der Waals surface area (Å²) in [5.74, 6) is 1.38. The van der Waals surface area contributed by atoms with Gasteiger partial charge in [0.15, 0.2) is 0 Å². The molecule has 0 spiro atoms. The first-order valence-corrected chi connectivity index (χ1v) is 7.87. The molecule has 2 aromatic rings. The van der Waals surface area contributed by atoms with Gasteiger partial charge in [-0.15, -0.1) is 0 Å². The van der Waals surface area contributed by atoms with Crippen molar-refractivity contribution in [1.29, 1.82) is 0 Å². The minimum absolute atomic E-state index is 0.0461. The van der Waals surface area contributed by atoms with Crippen molar-refractivity contribution in [3.63, 3.8) is 0 Å². The molecule has 1 atom stereocenters. The van der Waals surface area contributed by atoms with Crippen molar-refractivity contribution < 1.29 is 4.74 Å². The second-order valence-electron chi connectivity index (χ2n) is 7.11. The Hall–Kier alpha value is -1.96. The summed E-state index contributed by atoms with van der Waals surface area (Å²) < 4.78 is 5.54. The summed E-state index contributed by atoms with van der Waals surface area (Å²) in [5, 5.41) is 0. The van der Waals surface area contributed by atoms with E-state index in [9.17, 15) is 0 Å². The van der Waals surface area contributed by atoms with Gasteiger partial charge in [-0.1, -0.05) is 20.8 Å². The number of rotatable bonds is 1.